The minimum Gasteiger partial charge on any atom is -0.296 e. The van der Waals surface area contributed by atoms with Crippen LogP contribution >= 0.6 is 0 Å². The van der Waals surface area contributed by atoms with Gasteiger partial charge >= 0.3 is 0 Å². The first-order chi connectivity index (χ1) is 10.0. The number of non-ortho nitro benzene ring substituents is 1. The van der Waals surface area contributed by atoms with Gasteiger partial charge in [-0.25, -0.2) is 4.98 Å². The number of aryl methyl sites for hydroxylation is 1. The van der Waals surface area contributed by atoms with E-state index in [0.717, 1.165) is 18.7 Å². The Labute approximate surface area is 121 Å². The summed E-state index contributed by atoms with van der Waals surface area (Å²) in [6, 6.07) is 7.67. The monoisotopic (exact) mass is 285 g/mol. The van der Waals surface area contributed by atoms with Gasteiger partial charge in [-0.2, -0.15) is 0 Å². The first kappa shape index (κ1) is 13.5. The van der Waals surface area contributed by atoms with E-state index in [2.05, 4.69) is 11.9 Å². The van der Waals surface area contributed by atoms with Crippen LogP contribution in [0.2, 0.25) is 0 Å². The first-order valence-electron chi connectivity index (χ1n) is 6.90. The maximum atomic E-state index is 12.2. The number of nitro benzene ring substituents is 1. The normalized spacial score (nSPS) is 17.3. The van der Waals surface area contributed by atoms with Crippen molar-refractivity contribution in [1.82, 2.24) is 9.55 Å². The van der Waals surface area contributed by atoms with Gasteiger partial charge in [-0.3, -0.25) is 19.5 Å². The number of aromatic nitrogens is 2. The number of nitro groups is 1. The molecule has 2 aromatic rings. The zero-order valence-electron chi connectivity index (χ0n) is 11.7. The number of hydrogen-bond acceptors (Lipinski definition) is 4. The van der Waals surface area contributed by atoms with E-state index in [9.17, 15) is 14.9 Å². The molecule has 108 valence electrons. The van der Waals surface area contributed by atoms with Crippen LogP contribution in [-0.2, 0) is 13.0 Å². The Morgan fingerprint density at radius 3 is 2.95 bits per heavy atom. The first-order valence-corrected chi connectivity index (χ1v) is 6.90. The molecule has 6 nitrogen and oxygen atoms in total. The molecule has 3 rings (SSSR count). The number of hydrogen-bond donors (Lipinski definition) is 0. The summed E-state index contributed by atoms with van der Waals surface area (Å²) in [6.45, 7) is 2.81. The SMILES string of the molecule is C[C@@H]1CCc2nc(-c3cccc([N+](=O)[O-])c3)cc(=O)n2C1. The van der Waals surface area contributed by atoms with Gasteiger partial charge in [0.15, 0.2) is 0 Å². The van der Waals surface area contributed by atoms with E-state index in [1.165, 1.54) is 18.2 Å². The van der Waals surface area contributed by atoms with Crippen LogP contribution in [0, 0.1) is 16.0 Å². The lowest BCUT2D eigenvalue weighted by Crippen LogP contribution is -2.31. The molecule has 0 saturated heterocycles. The van der Waals surface area contributed by atoms with E-state index >= 15 is 0 Å². The lowest BCUT2D eigenvalue weighted by molar-refractivity contribution is -0.384. The van der Waals surface area contributed by atoms with Crippen molar-refractivity contribution in [2.24, 2.45) is 5.92 Å². The zero-order valence-corrected chi connectivity index (χ0v) is 11.7. The third kappa shape index (κ3) is 2.56. The van der Waals surface area contributed by atoms with Gasteiger partial charge in [0.25, 0.3) is 11.2 Å². The maximum Gasteiger partial charge on any atom is 0.270 e. The van der Waals surface area contributed by atoms with Crippen molar-refractivity contribution in [3.63, 3.8) is 0 Å². The maximum absolute atomic E-state index is 12.2. The number of benzene rings is 1. The van der Waals surface area contributed by atoms with Gasteiger partial charge < -0.3 is 0 Å². The van der Waals surface area contributed by atoms with Crippen molar-refractivity contribution in [2.45, 2.75) is 26.3 Å². The van der Waals surface area contributed by atoms with E-state index in [0.29, 0.717) is 23.7 Å². The second kappa shape index (κ2) is 5.12. The highest BCUT2D eigenvalue weighted by atomic mass is 16.6. The lowest BCUT2D eigenvalue weighted by atomic mass is 10.0. The van der Waals surface area contributed by atoms with E-state index in [4.69, 9.17) is 0 Å². The average molecular weight is 285 g/mol. The summed E-state index contributed by atoms with van der Waals surface area (Å²) >= 11 is 0. The predicted octanol–water partition coefficient (Wildman–Crippen LogP) is 2.40. The molecule has 0 saturated carbocycles. The van der Waals surface area contributed by atoms with Crippen LogP contribution in [0.1, 0.15) is 19.2 Å². The summed E-state index contributed by atoms with van der Waals surface area (Å²) in [4.78, 5) is 27.1. The molecule has 1 aromatic heterocycles. The Morgan fingerprint density at radius 2 is 2.19 bits per heavy atom. The van der Waals surface area contributed by atoms with Crippen molar-refractivity contribution in [3.05, 3.63) is 56.6 Å². The van der Waals surface area contributed by atoms with Crippen molar-refractivity contribution < 1.29 is 4.92 Å². The Balaban J connectivity index is 2.08. The predicted molar refractivity (Wildman–Crippen MR) is 78.1 cm³/mol. The summed E-state index contributed by atoms with van der Waals surface area (Å²) in [6.07, 6.45) is 1.77. The van der Waals surface area contributed by atoms with E-state index in [1.54, 1.807) is 16.7 Å². The van der Waals surface area contributed by atoms with Crippen LogP contribution < -0.4 is 5.56 Å². The van der Waals surface area contributed by atoms with Crippen molar-refractivity contribution in [2.75, 3.05) is 0 Å². The highest BCUT2D eigenvalue weighted by molar-refractivity contribution is 5.62. The molecule has 0 spiro atoms. The van der Waals surface area contributed by atoms with Gasteiger partial charge in [-0.15, -0.1) is 0 Å². The molecule has 0 N–H and O–H groups in total. The Kier molecular flexibility index (Phi) is 3.29. The molecule has 0 aliphatic carbocycles. The number of nitrogens with zero attached hydrogens (tertiary/aromatic N) is 3. The van der Waals surface area contributed by atoms with Crippen molar-refractivity contribution >= 4 is 5.69 Å². The van der Waals surface area contributed by atoms with Crippen LogP contribution in [0.4, 0.5) is 5.69 Å². The standard InChI is InChI=1S/C15H15N3O3/c1-10-5-6-14-16-13(8-15(19)17(14)9-10)11-3-2-4-12(7-11)18(20)21/h2-4,7-8,10H,5-6,9H2,1H3/t10-/m1/s1. The quantitative estimate of drug-likeness (QED) is 0.627. The molecule has 0 radical (unpaired) electrons. The second-order valence-electron chi connectivity index (χ2n) is 5.46. The highest BCUT2D eigenvalue weighted by Crippen LogP contribution is 2.23. The van der Waals surface area contributed by atoms with E-state index < -0.39 is 4.92 Å². The molecule has 6 heteroatoms. The Morgan fingerprint density at radius 1 is 1.38 bits per heavy atom. The van der Waals surface area contributed by atoms with Crippen LogP contribution in [-0.4, -0.2) is 14.5 Å². The van der Waals surface area contributed by atoms with Gasteiger partial charge in [0.05, 0.1) is 10.6 Å². The number of fused-ring (bicyclic) bond motifs is 1. The zero-order chi connectivity index (χ0) is 15.0. The third-order valence-electron chi connectivity index (χ3n) is 3.80. The highest BCUT2D eigenvalue weighted by Gasteiger charge is 2.18. The third-order valence-corrected chi connectivity index (χ3v) is 3.80. The summed E-state index contributed by atoms with van der Waals surface area (Å²) in [5.41, 5.74) is 1.02. The topological polar surface area (TPSA) is 78.0 Å². The fourth-order valence-corrected chi connectivity index (χ4v) is 2.65. The number of rotatable bonds is 2. The molecule has 2 heterocycles. The lowest BCUT2D eigenvalue weighted by Gasteiger charge is -2.22. The molecule has 0 fully saturated rings. The summed E-state index contributed by atoms with van der Waals surface area (Å²) < 4.78 is 1.70. The molecule has 1 atom stereocenters. The van der Waals surface area contributed by atoms with Gasteiger partial charge in [-0.1, -0.05) is 19.1 Å². The smallest absolute Gasteiger partial charge is 0.270 e. The largest absolute Gasteiger partial charge is 0.296 e. The molecular formula is C15H15N3O3. The summed E-state index contributed by atoms with van der Waals surface area (Å²) in [5.74, 6) is 1.24. The Hall–Kier alpha value is -2.50. The molecule has 0 bridgehead atoms. The summed E-state index contributed by atoms with van der Waals surface area (Å²) in [5, 5.41) is 10.8. The molecule has 1 aromatic carbocycles. The molecule has 1 aliphatic heterocycles. The second-order valence-corrected chi connectivity index (χ2v) is 5.46. The minimum atomic E-state index is -0.448. The molecular weight excluding hydrogens is 270 g/mol. The van der Waals surface area contributed by atoms with Gasteiger partial charge in [0, 0.05) is 36.7 Å². The van der Waals surface area contributed by atoms with Gasteiger partial charge in [0.1, 0.15) is 5.82 Å². The molecule has 21 heavy (non-hydrogen) atoms. The van der Waals surface area contributed by atoms with Gasteiger partial charge in [0.2, 0.25) is 0 Å². The van der Waals surface area contributed by atoms with Crippen LogP contribution in [0.25, 0.3) is 11.3 Å². The van der Waals surface area contributed by atoms with E-state index in [1.807, 2.05) is 0 Å². The molecule has 0 amide bonds. The Bertz CT molecular complexity index is 767. The fourth-order valence-electron chi connectivity index (χ4n) is 2.65. The average Bonchev–Trinajstić information content (AvgIpc) is 2.48. The minimum absolute atomic E-state index is 0.000690. The fraction of sp³-hybridized carbons (Fsp3) is 0.333. The van der Waals surface area contributed by atoms with Gasteiger partial charge in [-0.05, 0) is 12.3 Å². The van der Waals surface area contributed by atoms with Crippen LogP contribution in [0.15, 0.2) is 35.1 Å². The van der Waals surface area contributed by atoms with Crippen LogP contribution in [0.5, 0.6) is 0 Å². The summed E-state index contributed by atoms with van der Waals surface area (Å²) in [7, 11) is 0. The van der Waals surface area contributed by atoms with Crippen molar-refractivity contribution in [3.8, 4) is 11.3 Å². The van der Waals surface area contributed by atoms with Crippen molar-refractivity contribution in [1.29, 1.82) is 0 Å². The van der Waals surface area contributed by atoms with E-state index in [-0.39, 0.29) is 11.2 Å². The van der Waals surface area contributed by atoms with Crippen LogP contribution in [0.3, 0.4) is 0 Å². The molecule has 0 unspecified atom stereocenters. The molecule has 1 aliphatic rings.